The molecule has 0 radical (unpaired) electrons. The van der Waals surface area contributed by atoms with E-state index in [2.05, 4.69) is 0 Å². The van der Waals surface area contributed by atoms with Gasteiger partial charge < -0.3 is 4.74 Å². The van der Waals surface area contributed by atoms with Crippen molar-refractivity contribution in [3.8, 4) is 5.75 Å². The average molecular weight is 213 g/mol. The van der Waals surface area contributed by atoms with E-state index in [0.717, 1.165) is 12.8 Å². The van der Waals surface area contributed by atoms with Gasteiger partial charge >= 0.3 is 0 Å². The number of hydrogen-bond acceptors (Lipinski definition) is 3. The Kier molecular flexibility index (Phi) is 2.20. The highest BCUT2D eigenvalue weighted by atomic mass is 32.2. The first-order valence-corrected chi connectivity index (χ1v) is 5.90. The van der Waals surface area contributed by atoms with E-state index in [1.807, 2.05) is 0 Å². The van der Waals surface area contributed by atoms with E-state index < -0.39 is 10.0 Å². The summed E-state index contributed by atoms with van der Waals surface area (Å²) >= 11 is 0. The van der Waals surface area contributed by atoms with E-state index in [4.69, 9.17) is 9.88 Å². The van der Waals surface area contributed by atoms with Gasteiger partial charge in [0.25, 0.3) is 0 Å². The quantitative estimate of drug-likeness (QED) is 0.810. The second kappa shape index (κ2) is 3.25. The highest BCUT2D eigenvalue weighted by Gasteiger charge is 2.23. The van der Waals surface area contributed by atoms with Crippen molar-refractivity contribution >= 4 is 10.0 Å². The van der Waals surface area contributed by atoms with E-state index in [1.165, 1.54) is 12.1 Å². The molecule has 4 nitrogen and oxygen atoms in total. The summed E-state index contributed by atoms with van der Waals surface area (Å²) in [6.07, 6.45) is 2.34. The van der Waals surface area contributed by atoms with Crippen molar-refractivity contribution in [2.45, 2.75) is 23.8 Å². The van der Waals surface area contributed by atoms with Crippen molar-refractivity contribution in [2.75, 3.05) is 0 Å². The third-order valence-electron chi connectivity index (χ3n) is 1.96. The number of sulfonamides is 1. The van der Waals surface area contributed by atoms with E-state index in [1.54, 1.807) is 12.1 Å². The molecule has 0 heterocycles. The molecule has 0 unspecified atom stereocenters. The Labute approximate surface area is 82.7 Å². The monoisotopic (exact) mass is 213 g/mol. The van der Waals surface area contributed by atoms with Gasteiger partial charge in [0.1, 0.15) is 5.75 Å². The summed E-state index contributed by atoms with van der Waals surface area (Å²) in [5.74, 6) is 0.569. The Morgan fingerprint density at radius 3 is 2.64 bits per heavy atom. The van der Waals surface area contributed by atoms with Gasteiger partial charge in [-0.3, -0.25) is 0 Å². The molecule has 1 aliphatic rings. The van der Waals surface area contributed by atoms with Gasteiger partial charge in [0.2, 0.25) is 10.0 Å². The zero-order valence-electron chi connectivity index (χ0n) is 7.51. The molecule has 0 atom stereocenters. The van der Waals surface area contributed by atoms with Gasteiger partial charge in [-0.25, -0.2) is 13.6 Å². The van der Waals surface area contributed by atoms with Crippen molar-refractivity contribution < 1.29 is 13.2 Å². The molecule has 0 bridgehead atoms. The largest absolute Gasteiger partial charge is 0.490 e. The number of rotatable bonds is 3. The van der Waals surface area contributed by atoms with Crippen LogP contribution in [0.2, 0.25) is 0 Å². The third kappa shape index (κ3) is 2.24. The Morgan fingerprint density at radius 1 is 1.36 bits per heavy atom. The Balaban J connectivity index is 2.26. The van der Waals surface area contributed by atoms with Crippen LogP contribution in [-0.2, 0) is 10.0 Å². The minimum atomic E-state index is -3.62. The van der Waals surface area contributed by atoms with Crippen LogP contribution in [0.5, 0.6) is 5.75 Å². The molecule has 0 spiro atoms. The normalized spacial score (nSPS) is 16.6. The summed E-state index contributed by atoms with van der Waals surface area (Å²) in [5.41, 5.74) is 0. The molecule has 1 aromatic carbocycles. The van der Waals surface area contributed by atoms with Crippen LogP contribution in [0.1, 0.15) is 12.8 Å². The number of nitrogens with two attached hydrogens (primary N) is 1. The molecular weight excluding hydrogens is 202 g/mol. The summed E-state index contributed by atoms with van der Waals surface area (Å²) in [5, 5.41) is 4.99. The maximum atomic E-state index is 11.0. The lowest BCUT2D eigenvalue weighted by Crippen LogP contribution is -2.12. The summed E-state index contributed by atoms with van der Waals surface area (Å²) in [7, 11) is -3.62. The van der Waals surface area contributed by atoms with Crippen LogP contribution in [0.15, 0.2) is 29.2 Å². The molecule has 1 aromatic rings. The van der Waals surface area contributed by atoms with Crippen molar-refractivity contribution in [3.63, 3.8) is 0 Å². The fourth-order valence-electron chi connectivity index (χ4n) is 1.10. The molecule has 1 aliphatic carbocycles. The molecule has 1 fully saturated rings. The lowest BCUT2D eigenvalue weighted by Gasteiger charge is -2.05. The van der Waals surface area contributed by atoms with Crippen molar-refractivity contribution in [2.24, 2.45) is 5.14 Å². The second-order valence-corrected chi connectivity index (χ2v) is 4.90. The molecule has 2 N–H and O–H groups in total. The maximum Gasteiger partial charge on any atom is 0.238 e. The van der Waals surface area contributed by atoms with Crippen molar-refractivity contribution in [3.05, 3.63) is 24.3 Å². The molecule has 5 heteroatoms. The van der Waals surface area contributed by atoms with Crippen LogP contribution < -0.4 is 9.88 Å². The van der Waals surface area contributed by atoms with E-state index >= 15 is 0 Å². The molecule has 0 amide bonds. The van der Waals surface area contributed by atoms with Gasteiger partial charge in [-0.1, -0.05) is 6.07 Å². The molecular formula is C9H11NO3S. The molecule has 76 valence electrons. The van der Waals surface area contributed by atoms with Gasteiger partial charge in [-0.15, -0.1) is 0 Å². The Morgan fingerprint density at radius 2 is 2.07 bits per heavy atom. The van der Waals surface area contributed by atoms with E-state index in [9.17, 15) is 8.42 Å². The zero-order valence-corrected chi connectivity index (χ0v) is 8.33. The van der Waals surface area contributed by atoms with Crippen LogP contribution in [0.4, 0.5) is 0 Å². The van der Waals surface area contributed by atoms with Gasteiger partial charge in [-0.05, 0) is 25.0 Å². The second-order valence-electron chi connectivity index (χ2n) is 3.34. The molecule has 0 saturated heterocycles. The van der Waals surface area contributed by atoms with Gasteiger partial charge in [0.15, 0.2) is 0 Å². The summed E-state index contributed by atoms with van der Waals surface area (Å²) in [6, 6.07) is 6.26. The minimum absolute atomic E-state index is 0.0932. The molecule has 1 saturated carbocycles. The van der Waals surface area contributed by atoms with Crippen LogP contribution in [-0.4, -0.2) is 14.5 Å². The predicted octanol–water partition coefficient (Wildman–Crippen LogP) is 0.875. The number of hydrogen-bond donors (Lipinski definition) is 1. The molecule has 14 heavy (non-hydrogen) atoms. The van der Waals surface area contributed by atoms with Crippen LogP contribution in [0.25, 0.3) is 0 Å². The summed E-state index contributed by atoms with van der Waals surface area (Å²) in [4.78, 5) is 0.0932. The topological polar surface area (TPSA) is 69.4 Å². The van der Waals surface area contributed by atoms with Crippen LogP contribution in [0.3, 0.4) is 0 Å². The first-order chi connectivity index (χ1) is 6.55. The minimum Gasteiger partial charge on any atom is -0.490 e. The first-order valence-electron chi connectivity index (χ1n) is 4.35. The lowest BCUT2D eigenvalue weighted by molar-refractivity contribution is 0.302. The van der Waals surface area contributed by atoms with Gasteiger partial charge in [0.05, 0.1) is 11.0 Å². The lowest BCUT2D eigenvalue weighted by atomic mass is 10.3. The maximum absolute atomic E-state index is 11.0. The van der Waals surface area contributed by atoms with Gasteiger partial charge in [0, 0.05) is 6.07 Å². The Bertz CT molecular complexity index is 437. The first kappa shape index (κ1) is 9.48. The Hall–Kier alpha value is -1.07. The molecule has 2 rings (SSSR count). The SMILES string of the molecule is NS(=O)(=O)c1cccc(OC2CC2)c1. The number of primary sulfonamides is 1. The van der Waals surface area contributed by atoms with Crippen LogP contribution in [0, 0.1) is 0 Å². The number of ether oxygens (including phenoxy) is 1. The fraction of sp³-hybridized carbons (Fsp3) is 0.333. The predicted molar refractivity (Wildman–Crippen MR) is 51.5 cm³/mol. The average Bonchev–Trinajstić information content (AvgIpc) is 2.87. The van der Waals surface area contributed by atoms with E-state index in [0.29, 0.717) is 5.75 Å². The van der Waals surface area contributed by atoms with E-state index in [-0.39, 0.29) is 11.0 Å². The standard InChI is InChI=1S/C9H11NO3S/c10-14(11,12)9-3-1-2-8(6-9)13-7-4-5-7/h1-3,6-7H,4-5H2,(H2,10,11,12). The third-order valence-corrected chi connectivity index (χ3v) is 2.87. The number of benzene rings is 1. The van der Waals surface area contributed by atoms with Crippen LogP contribution >= 0.6 is 0 Å². The van der Waals surface area contributed by atoms with Gasteiger partial charge in [-0.2, -0.15) is 0 Å². The highest BCUT2D eigenvalue weighted by molar-refractivity contribution is 7.89. The van der Waals surface area contributed by atoms with Crippen molar-refractivity contribution in [1.82, 2.24) is 0 Å². The summed E-state index contributed by atoms with van der Waals surface area (Å²) in [6.45, 7) is 0. The highest BCUT2D eigenvalue weighted by Crippen LogP contribution is 2.27. The molecule has 0 aromatic heterocycles. The smallest absolute Gasteiger partial charge is 0.238 e. The molecule has 0 aliphatic heterocycles. The zero-order chi connectivity index (χ0) is 10.2. The van der Waals surface area contributed by atoms with Crippen molar-refractivity contribution in [1.29, 1.82) is 0 Å². The summed E-state index contributed by atoms with van der Waals surface area (Å²) < 4.78 is 27.5. The fourth-order valence-corrected chi connectivity index (χ4v) is 1.65.